The zero-order valence-electron chi connectivity index (χ0n) is 10.8. The number of carbonyl (C=O) groups excluding carboxylic acids is 1. The lowest BCUT2D eigenvalue weighted by Gasteiger charge is -2.26. The van der Waals surface area contributed by atoms with Gasteiger partial charge in [-0.25, -0.2) is 0 Å². The summed E-state index contributed by atoms with van der Waals surface area (Å²) < 4.78 is 0. The van der Waals surface area contributed by atoms with Crippen molar-refractivity contribution in [2.45, 2.75) is 33.6 Å². The first kappa shape index (κ1) is 13.7. The number of nitrogens with zero attached hydrogens (tertiary/aromatic N) is 1. The molecule has 1 heterocycles. The van der Waals surface area contributed by atoms with E-state index in [4.69, 9.17) is 5.73 Å². The molecule has 93 valence electrons. The maximum absolute atomic E-state index is 11.0. The Hall–Kier alpha value is -1.38. The summed E-state index contributed by atoms with van der Waals surface area (Å²) in [5.74, 6) is 1.79. The number of nitrogens with two attached hydrogens (primary N) is 1. The van der Waals surface area contributed by atoms with Gasteiger partial charge in [0.05, 0.1) is 0 Å². The number of carbonyl (C=O) groups is 1. The Kier molecular flexibility index (Phi) is 5.13. The molecule has 17 heavy (non-hydrogen) atoms. The van der Waals surface area contributed by atoms with E-state index in [1.807, 2.05) is 19.2 Å². The van der Waals surface area contributed by atoms with Crippen molar-refractivity contribution in [1.29, 1.82) is 0 Å². The molecule has 0 fully saturated rings. The molecule has 2 N–H and O–H groups in total. The fourth-order valence-corrected chi connectivity index (χ4v) is 2.16. The van der Waals surface area contributed by atoms with Gasteiger partial charge in [-0.05, 0) is 35.8 Å². The first-order valence-corrected chi connectivity index (χ1v) is 6.00. The Morgan fingerprint density at radius 1 is 1.47 bits per heavy atom. The molecule has 1 atom stereocenters. The van der Waals surface area contributed by atoms with Crippen molar-refractivity contribution < 1.29 is 4.79 Å². The molecule has 0 aromatic carbocycles. The number of hydrogen-bond acceptors (Lipinski definition) is 2. The monoisotopic (exact) mass is 233 g/mol. The maximum atomic E-state index is 11.0. The molecule has 0 aliphatic rings. The lowest BCUT2D eigenvalue weighted by atomic mass is 9.79. The second-order valence-corrected chi connectivity index (χ2v) is 4.91. The van der Waals surface area contributed by atoms with E-state index in [1.165, 1.54) is 5.56 Å². The molecule has 0 aliphatic heterocycles. The summed E-state index contributed by atoms with van der Waals surface area (Å²) in [7, 11) is 0. The third-order valence-electron chi connectivity index (χ3n) is 3.07. The van der Waals surface area contributed by atoms with Gasteiger partial charge in [-0.2, -0.15) is 0 Å². The Labute approximate surface area is 103 Å². The molecule has 1 aromatic heterocycles. The van der Waals surface area contributed by atoms with Gasteiger partial charge in [0.25, 0.3) is 0 Å². The Morgan fingerprint density at radius 3 is 2.65 bits per heavy atom. The van der Waals surface area contributed by atoms with E-state index in [9.17, 15) is 4.79 Å². The van der Waals surface area contributed by atoms with E-state index >= 15 is 0 Å². The minimum Gasteiger partial charge on any atom is -0.370 e. The largest absolute Gasteiger partial charge is 0.370 e. The average molecular weight is 233 g/mol. The van der Waals surface area contributed by atoms with Crippen LogP contribution in [0.3, 0.4) is 0 Å². The van der Waals surface area contributed by atoms with Crippen molar-refractivity contribution in [3.8, 4) is 0 Å². The summed E-state index contributed by atoms with van der Waals surface area (Å²) in [4.78, 5) is 15.1. The lowest BCUT2D eigenvalue weighted by molar-refractivity contribution is -0.117. The highest BCUT2D eigenvalue weighted by Crippen LogP contribution is 2.28. The molecule has 3 nitrogen and oxygen atoms in total. The fraction of sp³-hybridized carbons (Fsp3) is 0.500. The molecule has 0 saturated carbocycles. The number of pyridine rings is 1. The molecular formula is C14H21N2O. The Bertz CT molecular complexity index is 348. The van der Waals surface area contributed by atoms with Gasteiger partial charge >= 0.3 is 0 Å². The Balaban J connectivity index is 2.70. The van der Waals surface area contributed by atoms with Crippen molar-refractivity contribution in [2.24, 2.45) is 17.6 Å². The molecule has 3 heteroatoms. The topological polar surface area (TPSA) is 56.0 Å². The lowest BCUT2D eigenvalue weighted by Crippen LogP contribution is -2.24. The van der Waals surface area contributed by atoms with Crippen LogP contribution in [0.5, 0.6) is 0 Å². The summed E-state index contributed by atoms with van der Waals surface area (Å²) >= 11 is 0. The molecule has 0 spiro atoms. The standard InChI is InChI=1S/C14H21N2O/c1-10(2)13(11(3)7-14(15)17)8-12-5-4-6-16-9-12/h4-6,9-10,13H,7-8H2,1-3H3,(H2,15,17). The third kappa shape index (κ3) is 4.55. The van der Waals surface area contributed by atoms with Gasteiger partial charge in [-0.15, -0.1) is 0 Å². The van der Waals surface area contributed by atoms with Gasteiger partial charge < -0.3 is 5.73 Å². The molecule has 1 rings (SSSR count). The van der Waals surface area contributed by atoms with Crippen LogP contribution in [0.1, 0.15) is 32.8 Å². The highest BCUT2D eigenvalue weighted by atomic mass is 16.1. The highest BCUT2D eigenvalue weighted by Gasteiger charge is 2.23. The van der Waals surface area contributed by atoms with E-state index < -0.39 is 0 Å². The highest BCUT2D eigenvalue weighted by molar-refractivity contribution is 5.75. The van der Waals surface area contributed by atoms with Gasteiger partial charge in [-0.1, -0.05) is 26.8 Å². The van der Waals surface area contributed by atoms with E-state index in [0.29, 0.717) is 18.3 Å². The SMILES string of the molecule is C[C](CC(N)=O)C(Cc1cccnc1)C(C)C. The predicted molar refractivity (Wildman–Crippen MR) is 69.0 cm³/mol. The van der Waals surface area contributed by atoms with Crippen LogP contribution < -0.4 is 5.73 Å². The number of rotatable bonds is 6. The third-order valence-corrected chi connectivity index (χ3v) is 3.07. The molecule has 0 aliphatic carbocycles. The van der Waals surface area contributed by atoms with Gasteiger partial charge in [0, 0.05) is 18.8 Å². The molecule has 1 aromatic rings. The van der Waals surface area contributed by atoms with E-state index in [0.717, 1.165) is 12.3 Å². The van der Waals surface area contributed by atoms with Crippen LogP contribution in [0.4, 0.5) is 0 Å². The summed E-state index contributed by atoms with van der Waals surface area (Å²) in [5, 5.41) is 0. The van der Waals surface area contributed by atoms with Crippen molar-refractivity contribution in [3.63, 3.8) is 0 Å². The first-order chi connectivity index (χ1) is 8.00. The molecule has 0 saturated heterocycles. The van der Waals surface area contributed by atoms with Crippen LogP contribution in [-0.4, -0.2) is 10.9 Å². The van der Waals surface area contributed by atoms with Crippen LogP contribution in [-0.2, 0) is 11.2 Å². The zero-order chi connectivity index (χ0) is 12.8. The molecule has 1 unspecified atom stereocenters. The van der Waals surface area contributed by atoms with Crippen LogP contribution >= 0.6 is 0 Å². The van der Waals surface area contributed by atoms with Crippen LogP contribution in [0.25, 0.3) is 0 Å². The summed E-state index contributed by atoms with van der Waals surface area (Å²) in [6, 6.07) is 4.01. The maximum Gasteiger partial charge on any atom is 0.217 e. The second kappa shape index (κ2) is 6.38. The molecule has 1 amide bonds. The summed E-state index contributed by atoms with van der Waals surface area (Å²) in [6.07, 6.45) is 4.95. The zero-order valence-corrected chi connectivity index (χ0v) is 10.8. The van der Waals surface area contributed by atoms with Crippen molar-refractivity contribution in [2.75, 3.05) is 0 Å². The molecule has 0 bridgehead atoms. The van der Waals surface area contributed by atoms with Crippen LogP contribution in [0.15, 0.2) is 24.5 Å². The van der Waals surface area contributed by atoms with Crippen molar-refractivity contribution in [1.82, 2.24) is 4.98 Å². The number of primary amides is 1. The average Bonchev–Trinajstić information content (AvgIpc) is 2.25. The van der Waals surface area contributed by atoms with Crippen molar-refractivity contribution >= 4 is 5.91 Å². The van der Waals surface area contributed by atoms with Crippen molar-refractivity contribution in [3.05, 3.63) is 36.0 Å². The molecule has 1 radical (unpaired) electrons. The van der Waals surface area contributed by atoms with Gasteiger partial charge in [0.15, 0.2) is 0 Å². The number of amides is 1. The quantitative estimate of drug-likeness (QED) is 0.820. The van der Waals surface area contributed by atoms with E-state index in [1.54, 1.807) is 6.20 Å². The minimum atomic E-state index is -0.251. The molecular weight excluding hydrogens is 212 g/mol. The summed E-state index contributed by atoms with van der Waals surface area (Å²) in [5.41, 5.74) is 6.46. The van der Waals surface area contributed by atoms with Gasteiger partial charge in [0.2, 0.25) is 5.91 Å². The first-order valence-electron chi connectivity index (χ1n) is 6.00. The Morgan fingerprint density at radius 2 is 2.18 bits per heavy atom. The van der Waals surface area contributed by atoms with Crippen LogP contribution in [0, 0.1) is 17.8 Å². The van der Waals surface area contributed by atoms with Crippen LogP contribution in [0.2, 0.25) is 0 Å². The minimum absolute atomic E-state index is 0.251. The van der Waals surface area contributed by atoms with E-state index in [2.05, 4.69) is 24.9 Å². The predicted octanol–water partition coefficient (Wildman–Crippen LogP) is 2.37. The van der Waals surface area contributed by atoms with E-state index in [-0.39, 0.29) is 5.91 Å². The number of aromatic nitrogens is 1. The fourth-order valence-electron chi connectivity index (χ4n) is 2.16. The smallest absolute Gasteiger partial charge is 0.217 e. The normalized spacial score (nSPS) is 13.0. The number of hydrogen-bond donors (Lipinski definition) is 1. The second-order valence-electron chi connectivity index (χ2n) is 4.91. The van der Waals surface area contributed by atoms with Gasteiger partial charge in [-0.3, -0.25) is 9.78 Å². The van der Waals surface area contributed by atoms with Gasteiger partial charge in [0.1, 0.15) is 0 Å². The summed E-state index contributed by atoms with van der Waals surface area (Å²) in [6.45, 7) is 6.36.